The number of hydrogen-bond acceptors (Lipinski definition) is 3. The number of ether oxygens (including phenoxy) is 1. The Hall–Kier alpha value is -5.41. The lowest BCUT2D eigenvalue weighted by Gasteiger charge is -2.29. The highest BCUT2D eigenvalue weighted by atomic mass is 16.5. The quantitative estimate of drug-likeness (QED) is 0.217. The zero-order chi connectivity index (χ0) is 28.5. The van der Waals surface area contributed by atoms with Crippen LogP contribution in [0.5, 0.6) is 5.75 Å². The highest BCUT2D eigenvalue weighted by Crippen LogP contribution is 2.54. The first-order valence-electron chi connectivity index (χ1n) is 14.8. The van der Waals surface area contributed by atoms with Crippen molar-refractivity contribution < 1.29 is 4.74 Å². The summed E-state index contributed by atoms with van der Waals surface area (Å²) in [7, 11) is 0. The molecule has 0 saturated heterocycles. The van der Waals surface area contributed by atoms with Crippen LogP contribution in [0.25, 0.3) is 44.2 Å². The molecule has 5 aromatic carbocycles. The van der Waals surface area contributed by atoms with Crippen molar-refractivity contribution in [3.05, 3.63) is 151 Å². The first-order chi connectivity index (χ1) is 21.2. The number of allylic oxidation sites excluding steroid dienone is 2. The summed E-state index contributed by atoms with van der Waals surface area (Å²) in [4.78, 5) is 6.72. The highest BCUT2D eigenvalue weighted by molar-refractivity contribution is 6.15. The van der Waals surface area contributed by atoms with E-state index in [4.69, 9.17) is 4.74 Å². The predicted molar refractivity (Wildman–Crippen MR) is 176 cm³/mol. The average Bonchev–Trinajstić information content (AvgIpc) is 3.55. The minimum Gasteiger partial charge on any atom is -0.480 e. The van der Waals surface area contributed by atoms with Gasteiger partial charge in [-0.3, -0.25) is 4.98 Å². The maximum atomic E-state index is 6.74. The molecule has 0 fully saturated rings. The number of nitrogens with zero attached hydrogens (tertiary/aromatic N) is 2. The van der Waals surface area contributed by atoms with Gasteiger partial charge in [-0.25, -0.2) is 0 Å². The van der Waals surface area contributed by atoms with Gasteiger partial charge in [0.1, 0.15) is 11.4 Å². The number of pyridine rings is 1. The first-order valence-corrected chi connectivity index (χ1v) is 14.8. The van der Waals surface area contributed by atoms with E-state index in [0.29, 0.717) is 0 Å². The van der Waals surface area contributed by atoms with E-state index in [-0.39, 0.29) is 5.92 Å². The molecule has 6 aromatic rings. The summed E-state index contributed by atoms with van der Waals surface area (Å²) < 4.78 is 6.74. The van der Waals surface area contributed by atoms with Gasteiger partial charge in [-0.1, -0.05) is 91.0 Å². The van der Waals surface area contributed by atoms with Crippen LogP contribution < -0.4 is 9.64 Å². The van der Waals surface area contributed by atoms with Crippen molar-refractivity contribution in [2.75, 3.05) is 4.90 Å². The molecule has 1 aliphatic heterocycles. The fraction of sp³-hybridized carbons (Fsp3) is 0.0750. The third kappa shape index (κ3) is 3.58. The molecule has 0 N–H and O–H groups in total. The Kier molecular flexibility index (Phi) is 5.09. The van der Waals surface area contributed by atoms with Crippen molar-refractivity contribution in [2.24, 2.45) is 0 Å². The molecule has 0 bridgehead atoms. The fourth-order valence-corrected chi connectivity index (χ4v) is 7.21. The van der Waals surface area contributed by atoms with E-state index in [1.165, 1.54) is 49.7 Å². The van der Waals surface area contributed by atoms with Crippen molar-refractivity contribution in [3.63, 3.8) is 0 Å². The lowest BCUT2D eigenvalue weighted by molar-refractivity contribution is 0.156. The average molecular weight is 553 g/mol. The number of rotatable bonds is 4. The van der Waals surface area contributed by atoms with Crippen LogP contribution in [-0.2, 0) is 0 Å². The SMILES string of the molecule is CC12C=CC=CC1c1cccc(N(c3ccc(-c4ccc5c(c4)-c4cccc6cccc-5c46)cc3)c3cccnc3)c1O2. The number of fused-ring (bicyclic) bond motifs is 6. The summed E-state index contributed by atoms with van der Waals surface area (Å²) in [5, 5.41) is 2.65. The lowest BCUT2D eigenvalue weighted by Crippen LogP contribution is -2.32. The predicted octanol–water partition coefficient (Wildman–Crippen LogP) is 10.4. The van der Waals surface area contributed by atoms with Crippen LogP contribution in [-0.4, -0.2) is 10.6 Å². The minimum absolute atomic E-state index is 0.183. The molecular weight excluding hydrogens is 524 g/mol. The van der Waals surface area contributed by atoms with Gasteiger partial charge in [-0.2, -0.15) is 0 Å². The van der Waals surface area contributed by atoms with Crippen LogP contribution in [0.4, 0.5) is 17.1 Å². The van der Waals surface area contributed by atoms with Crippen LogP contribution >= 0.6 is 0 Å². The number of hydrogen-bond donors (Lipinski definition) is 0. The number of para-hydroxylation sites is 1. The number of anilines is 3. The van der Waals surface area contributed by atoms with Crippen LogP contribution in [0, 0.1) is 0 Å². The molecular formula is C40H28N2O. The molecule has 2 unspecified atom stereocenters. The van der Waals surface area contributed by atoms with Crippen molar-refractivity contribution in [1.29, 1.82) is 0 Å². The third-order valence-electron chi connectivity index (χ3n) is 9.25. The van der Waals surface area contributed by atoms with Gasteiger partial charge >= 0.3 is 0 Å². The summed E-state index contributed by atoms with van der Waals surface area (Å²) in [6, 6.07) is 39.5. The monoisotopic (exact) mass is 552 g/mol. The molecule has 2 aliphatic carbocycles. The van der Waals surface area contributed by atoms with Crippen LogP contribution in [0.1, 0.15) is 18.4 Å². The van der Waals surface area contributed by atoms with Crippen molar-refractivity contribution in [1.82, 2.24) is 4.98 Å². The Morgan fingerprint density at radius 2 is 1.49 bits per heavy atom. The molecule has 2 heterocycles. The standard InChI is InChI=1S/C40H28N2O/c1-40-22-3-2-14-36(40)34-13-6-15-37(39(34)43-40)42(30-10-7-23-41-25-30)29-19-16-26(17-20-29)28-18-21-31-32-11-4-8-27-9-5-12-33(38(27)32)35(31)24-28/h2-25,36H,1H3. The molecule has 0 radical (unpaired) electrons. The minimum atomic E-state index is -0.394. The second-order valence-corrected chi connectivity index (χ2v) is 11.8. The fourth-order valence-electron chi connectivity index (χ4n) is 7.21. The Bertz CT molecular complexity index is 2120. The van der Waals surface area contributed by atoms with Gasteiger partial charge < -0.3 is 9.64 Å². The highest BCUT2D eigenvalue weighted by Gasteiger charge is 2.44. The van der Waals surface area contributed by atoms with Gasteiger partial charge in [0.15, 0.2) is 0 Å². The van der Waals surface area contributed by atoms with Crippen LogP contribution in [0.3, 0.4) is 0 Å². The van der Waals surface area contributed by atoms with Crippen molar-refractivity contribution >= 4 is 27.8 Å². The van der Waals surface area contributed by atoms with E-state index in [9.17, 15) is 0 Å². The third-order valence-corrected chi connectivity index (χ3v) is 9.25. The van der Waals surface area contributed by atoms with Crippen molar-refractivity contribution in [3.8, 4) is 39.1 Å². The summed E-state index contributed by atoms with van der Waals surface area (Å²) >= 11 is 0. The van der Waals surface area contributed by atoms with E-state index >= 15 is 0 Å². The van der Waals surface area contributed by atoms with Crippen molar-refractivity contribution in [2.45, 2.75) is 18.4 Å². The molecule has 0 amide bonds. The number of benzene rings is 5. The van der Waals surface area contributed by atoms with E-state index in [1.54, 1.807) is 0 Å². The van der Waals surface area contributed by atoms with Crippen LogP contribution in [0.2, 0.25) is 0 Å². The second kappa shape index (κ2) is 9.04. The Morgan fingerprint density at radius 1 is 0.698 bits per heavy atom. The first kappa shape index (κ1) is 24.2. The Morgan fingerprint density at radius 3 is 2.30 bits per heavy atom. The van der Waals surface area contributed by atoms with Gasteiger partial charge in [-0.15, -0.1) is 0 Å². The molecule has 9 rings (SSSR count). The maximum absolute atomic E-state index is 6.74. The van der Waals surface area contributed by atoms with Crippen LogP contribution in [0.15, 0.2) is 146 Å². The molecule has 204 valence electrons. The lowest BCUT2D eigenvalue weighted by atomic mass is 9.82. The molecule has 3 aliphatic rings. The van der Waals surface area contributed by atoms with E-state index in [2.05, 4.69) is 144 Å². The van der Waals surface area contributed by atoms with E-state index in [0.717, 1.165) is 22.8 Å². The number of aromatic nitrogens is 1. The van der Waals surface area contributed by atoms with E-state index in [1.807, 2.05) is 18.5 Å². The Labute approximate surface area is 251 Å². The maximum Gasteiger partial charge on any atom is 0.148 e. The molecule has 0 spiro atoms. The largest absolute Gasteiger partial charge is 0.480 e. The van der Waals surface area contributed by atoms with Gasteiger partial charge in [0.2, 0.25) is 0 Å². The second-order valence-electron chi connectivity index (χ2n) is 11.8. The topological polar surface area (TPSA) is 25.4 Å². The summed E-state index contributed by atoms with van der Waals surface area (Å²) in [6.07, 6.45) is 12.3. The molecule has 2 atom stereocenters. The normalized spacial score (nSPS) is 18.7. The molecule has 1 aromatic heterocycles. The molecule has 43 heavy (non-hydrogen) atoms. The summed E-state index contributed by atoms with van der Waals surface area (Å²) in [6.45, 7) is 2.17. The van der Waals surface area contributed by atoms with Gasteiger partial charge in [0, 0.05) is 23.4 Å². The molecule has 3 heteroatoms. The summed E-state index contributed by atoms with van der Waals surface area (Å²) in [5.74, 6) is 1.11. The zero-order valence-electron chi connectivity index (χ0n) is 23.7. The van der Waals surface area contributed by atoms with Gasteiger partial charge in [-0.05, 0) is 93.6 Å². The smallest absolute Gasteiger partial charge is 0.148 e. The van der Waals surface area contributed by atoms with Gasteiger partial charge in [0.25, 0.3) is 0 Å². The summed E-state index contributed by atoms with van der Waals surface area (Å²) in [5.41, 5.74) is 11.5. The zero-order valence-corrected chi connectivity index (χ0v) is 23.7. The van der Waals surface area contributed by atoms with E-state index < -0.39 is 5.60 Å². The van der Waals surface area contributed by atoms with Gasteiger partial charge in [0.05, 0.1) is 17.6 Å². The molecule has 3 nitrogen and oxygen atoms in total. The Balaban J connectivity index is 1.13. The molecule has 0 saturated carbocycles.